The van der Waals surface area contributed by atoms with Crippen LogP contribution in [-0.4, -0.2) is 25.9 Å². The molecule has 0 heterocycles. The molecular weight excluding hydrogens is 317 g/mol. The molecule has 0 aliphatic heterocycles. The Kier molecular flexibility index (Phi) is 5.01. The molecule has 0 aliphatic carbocycles. The third-order valence-electron chi connectivity index (χ3n) is 2.15. The summed E-state index contributed by atoms with van der Waals surface area (Å²) in [5.41, 5.74) is -1.64. The van der Waals surface area contributed by atoms with Crippen molar-refractivity contribution in [1.82, 2.24) is 0 Å². The van der Waals surface area contributed by atoms with E-state index in [-0.39, 0.29) is 6.61 Å². The van der Waals surface area contributed by atoms with Gasteiger partial charge in [0, 0.05) is 22.8 Å². The monoisotopic (exact) mass is 325 g/mol. The van der Waals surface area contributed by atoms with Gasteiger partial charge in [0.15, 0.2) is 5.82 Å². The van der Waals surface area contributed by atoms with Gasteiger partial charge in [-0.1, -0.05) is 6.92 Å². The van der Waals surface area contributed by atoms with E-state index in [4.69, 9.17) is 10.7 Å². The molecule has 0 unspecified atom stereocenters. The molecule has 0 bridgehead atoms. The van der Waals surface area contributed by atoms with Crippen molar-refractivity contribution in [3.8, 4) is 0 Å². The molecule has 7 nitrogen and oxygen atoms in total. The van der Waals surface area contributed by atoms with Gasteiger partial charge in [-0.2, -0.15) is 0 Å². The van der Waals surface area contributed by atoms with Crippen LogP contribution in [-0.2, 0) is 13.8 Å². The first-order valence-corrected chi connectivity index (χ1v) is 7.59. The van der Waals surface area contributed by atoms with E-state index in [2.05, 4.69) is 4.74 Å². The van der Waals surface area contributed by atoms with Crippen LogP contribution in [0.1, 0.15) is 23.7 Å². The summed E-state index contributed by atoms with van der Waals surface area (Å²) in [6.07, 6.45) is 0.447. The Morgan fingerprint density at radius 2 is 2.10 bits per heavy atom. The van der Waals surface area contributed by atoms with Crippen molar-refractivity contribution in [3.63, 3.8) is 0 Å². The highest BCUT2D eigenvalue weighted by atomic mass is 35.7. The summed E-state index contributed by atoms with van der Waals surface area (Å²) in [6.45, 7) is 1.65. The van der Waals surface area contributed by atoms with Crippen LogP contribution in [0, 0.1) is 15.9 Å². The lowest BCUT2D eigenvalue weighted by molar-refractivity contribution is -0.385. The minimum Gasteiger partial charge on any atom is -0.462 e. The van der Waals surface area contributed by atoms with Crippen molar-refractivity contribution < 1.29 is 27.3 Å². The molecule has 1 aromatic rings. The summed E-state index contributed by atoms with van der Waals surface area (Å²) in [4.78, 5) is 20.1. The van der Waals surface area contributed by atoms with Crippen molar-refractivity contribution >= 4 is 31.4 Å². The van der Waals surface area contributed by atoms with E-state index in [1.165, 1.54) is 0 Å². The van der Waals surface area contributed by atoms with Gasteiger partial charge in [0.2, 0.25) is 0 Å². The van der Waals surface area contributed by atoms with E-state index in [1.807, 2.05) is 0 Å². The van der Waals surface area contributed by atoms with E-state index >= 15 is 0 Å². The van der Waals surface area contributed by atoms with Gasteiger partial charge < -0.3 is 4.74 Å². The van der Waals surface area contributed by atoms with Gasteiger partial charge in [-0.25, -0.2) is 17.6 Å². The fraction of sp³-hybridized carbons (Fsp3) is 0.300. The quantitative estimate of drug-likeness (QED) is 0.356. The SMILES string of the molecule is CCCOC(=O)c1cc([N+](=O)[O-])cc(S(=O)(=O)Cl)c1F. The lowest BCUT2D eigenvalue weighted by Gasteiger charge is -2.06. The van der Waals surface area contributed by atoms with Gasteiger partial charge in [0.1, 0.15) is 10.5 Å². The topological polar surface area (TPSA) is 104 Å². The van der Waals surface area contributed by atoms with E-state index in [9.17, 15) is 27.7 Å². The van der Waals surface area contributed by atoms with Gasteiger partial charge in [0.25, 0.3) is 14.7 Å². The average molecular weight is 326 g/mol. The van der Waals surface area contributed by atoms with Gasteiger partial charge >= 0.3 is 5.97 Å². The zero-order valence-corrected chi connectivity index (χ0v) is 11.7. The molecule has 0 fully saturated rings. The highest BCUT2D eigenvalue weighted by Gasteiger charge is 2.28. The number of nitro groups is 1. The van der Waals surface area contributed by atoms with Crippen molar-refractivity contribution in [2.45, 2.75) is 18.2 Å². The fourth-order valence-electron chi connectivity index (χ4n) is 1.29. The fourth-order valence-corrected chi connectivity index (χ4v) is 2.21. The lowest BCUT2D eigenvalue weighted by Crippen LogP contribution is -2.11. The number of hydrogen-bond donors (Lipinski definition) is 0. The van der Waals surface area contributed by atoms with Gasteiger partial charge in [-0.15, -0.1) is 0 Å². The Hall–Kier alpha value is -1.74. The maximum atomic E-state index is 13.9. The minimum atomic E-state index is -4.58. The number of halogens is 2. The van der Waals surface area contributed by atoms with Crippen LogP contribution in [0.4, 0.5) is 10.1 Å². The van der Waals surface area contributed by atoms with Crippen LogP contribution >= 0.6 is 10.7 Å². The zero-order chi connectivity index (χ0) is 15.5. The third kappa shape index (κ3) is 3.64. The van der Waals surface area contributed by atoms with Crippen molar-refractivity contribution in [1.29, 1.82) is 0 Å². The van der Waals surface area contributed by atoms with Crippen LogP contribution in [0.25, 0.3) is 0 Å². The number of benzene rings is 1. The van der Waals surface area contributed by atoms with Crippen LogP contribution in [0.2, 0.25) is 0 Å². The highest BCUT2D eigenvalue weighted by molar-refractivity contribution is 8.13. The molecule has 0 spiro atoms. The first-order chi connectivity index (χ1) is 9.18. The van der Waals surface area contributed by atoms with E-state index < -0.39 is 41.9 Å². The molecule has 0 saturated heterocycles. The lowest BCUT2D eigenvalue weighted by atomic mass is 10.2. The predicted octanol–water partition coefficient (Wildman–Crippen LogP) is 2.23. The molecule has 20 heavy (non-hydrogen) atoms. The molecule has 0 aliphatic rings. The number of hydrogen-bond acceptors (Lipinski definition) is 6. The number of non-ortho nitro benzene ring substituents is 1. The third-order valence-corrected chi connectivity index (χ3v) is 3.48. The predicted molar refractivity (Wildman–Crippen MR) is 66.7 cm³/mol. The molecule has 1 rings (SSSR count). The smallest absolute Gasteiger partial charge is 0.341 e. The van der Waals surface area contributed by atoms with E-state index in [1.54, 1.807) is 6.92 Å². The number of nitrogens with zero attached hydrogens (tertiary/aromatic N) is 1. The van der Waals surface area contributed by atoms with E-state index in [0.29, 0.717) is 18.6 Å². The second-order valence-electron chi connectivity index (χ2n) is 3.64. The van der Waals surface area contributed by atoms with E-state index in [0.717, 1.165) is 0 Å². The molecule has 0 atom stereocenters. The molecule has 0 amide bonds. The minimum absolute atomic E-state index is 0.0378. The first kappa shape index (κ1) is 16.3. The number of esters is 1. The summed E-state index contributed by atoms with van der Waals surface area (Å²) >= 11 is 0. The molecule has 1 aromatic carbocycles. The van der Waals surface area contributed by atoms with Crippen LogP contribution in [0.5, 0.6) is 0 Å². The highest BCUT2D eigenvalue weighted by Crippen LogP contribution is 2.28. The number of carbonyl (C=O) groups is 1. The van der Waals surface area contributed by atoms with Crippen LogP contribution in [0.3, 0.4) is 0 Å². The molecule has 10 heteroatoms. The van der Waals surface area contributed by atoms with Crippen molar-refractivity contribution in [3.05, 3.63) is 33.6 Å². The normalized spacial score (nSPS) is 11.2. The number of carbonyl (C=O) groups excluding carboxylic acids is 1. The molecule has 0 N–H and O–H groups in total. The average Bonchev–Trinajstić information content (AvgIpc) is 2.34. The molecule has 0 radical (unpaired) electrons. The summed E-state index contributed by atoms with van der Waals surface area (Å²) in [5.74, 6) is -2.68. The second-order valence-corrected chi connectivity index (χ2v) is 6.17. The number of rotatable bonds is 5. The first-order valence-electron chi connectivity index (χ1n) is 5.28. The molecular formula is C10H9ClFNO6S. The van der Waals surface area contributed by atoms with Crippen molar-refractivity contribution in [2.24, 2.45) is 0 Å². The largest absolute Gasteiger partial charge is 0.462 e. The van der Waals surface area contributed by atoms with Gasteiger partial charge in [0.05, 0.1) is 11.5 Å². The Bertz CT molecular complexity index is 660. The number of nitro benzene ring substituents is 1. The maximum absolute atomic E-state index is 13.9. The Balaban J connectivity index is 3.47. The molecule has 110 valence electrons. The Morgan fingerprint density at radius 1 is 1.50 bits per heavy atom. The summed E-state index contributed by atoms with van der Waals surface area (Å²) < 4.78 is 40.9. The standard InChI is InChI=1S/C10H9ClFNO6S/c1-2-3-19-10(14)7-4-6(13(15)16)5-8(9(7)12)20(11,17)18/h4-5H,2-3H2,1H3. The second kappa shape index (κ2) is 6.14. The summed E-state index contributed by atoms with van der Waals surface area (Å²) in [5, 5.41) is 10.7. The van der Waals surface area contributed by atoms with Crippen LogP contribution < -0.4 is 0 Å². The zero-order valence-electron chi connectivity index (χ0n) is 10.1. The molecule has 0 saturated carbocycles. The summed E-state index contributed by atoms with van der Waals surface area (Å²) in [7, 11) is 0.398. The van der Waals surface area contributed by atoms with Gasteiger partial charge in [-0.3, -0.25) is 10.1 Å². The Labute approximate surface area is 117 Å². The molecule has 0 aromatic heterocycles. The van der Waals surface area contributed by atoms with Crippen molar-refractivity contribution in [2.75, 3.05) is 6.61 Å². The Morgan fingerprint density at radius 3 is 2.55 bits per heavy atom. The summed E-state index contributed by atoms with van der Waals surface area (Å²) in [6, 6.07) is 1.03. The maximum Gasteiger partial charge on any atom is 0.341 e. The van der Waals surface area contributed by atoms with Crippen LogP contribution in [0.15, 0.2) is 17.0 Å². The number of ether oxygens (including phenoxy) is 1. The van der Waals surface area contributed by atoms with Gasteiger partial charge in [-0.05, 0) is 6.42 Å².